The Bertz CT molecular complexity index is 1330. The number of imidazole rings is 1. The molecule has 1 aromatic heterocycles. The number of ether oxygens (including phenoxy) is 1. The molecule has 34 heavy (non-hydrogen) atoms. The Kier molecular flexibility index (Phi) is 7.67. The monoisotopic (exact) mass is 485 g/mol. The van der Waals surface area contributed by atoms with Crippen LogP contribution in [0.4, 0.5) is 0 Å². The average Bonchev–Trinajstić information content (AvgIpc) is 3.15. The molecule has 0 fully saturated rings. The molecule has 11 heteroatoms. The molecule has 1 heterocycles. The van der Waals surface area contributed by atoms with Crippen molar-refractivity contribution < 1.29 is 22.7 Å². The maximum Gasteiger partial charge on any atom is 0.307 e. The van der Waals surface area contributed by atoms with E-state index < -0.39 is 15.8 Å². The standard InChI is InChI=1S/C23H27N5O5S/c1-33-20(29)10-11-26-23(30)17-8-9-19-18(14-17)27-22(28(19)12-3-13-34(2,31)32)16-6-4-15(5-7-16)21(24)25/h4-9,14H,3,10-13H2,1-2H3,(H3,24,25)(H,26,30). The van der Waals surface area contributed by atoms with Gasteiger partial charge >= 0.3 is 5.97 Å². The summed E-state index contributed by atoms with van der Waals surface area (Å²) >= 11 is 0. The molecule has 0 saturated carbocycles. The second-order valence-electron chi connectivity index (χ2n) is 7.85. The number of sulfone groups is 1. The Morgan fingerprint density at radius 2 is 1.82 bits per heavy atom. The van der Waals surface area contributed by atoms with Gasteiger partial charge in [-0.25, -0.2) is 13.4 Å². The van der Waals surface area contributed by atoms with E-state index in [-0.39, 0.29) is 30.5 Å². The van der Waals surface area contributed by atoms with Gasteiger partial charge in [0, 0.05) is 36.0 Å². The van der Waals surface area contributed by atoms with Gasteiger partial charge in [0.15, 0.2) is 0 Å². The first-order valence-corrected chi connectivity index (χ1v) is 12.6. The molecule has 0 aliphatic carbocycles. The lowest BCUT2D eigenvalue weighted by Gasteiger charge is -2.10. The number of nitrogens with one attached hydrogen (secondary N) is 2. The smallest absolute Gasteiger partial charge is 0.307 e. The summed E-state index contributed by atoms with van der Waals surface area (Å²) in [5, 5.41) is 10.2. The Morgan fingerprint density at radius 3 is 2.44 bits per heavy atom. The number of aromatic nitrogens is 2. The number of carbonyl (C=O) groups is 2. The number of benzene rings is 2. The van der Waals surface area contributed by atoms with Crippen LogP contribution in [0.1, 0.15) is 28.8 Å². The van der Waals surface area contributed by atoms with E-state index in [4.69, 9.17) is 16.1 Å². The molecule has 0 unspecified atom stereocenters. The summed E-state index contributed by atoms with van der Waals surface area (Å²) in [6.45, 7) is 0.565. The molecule has 0 aliphatic heterocycles. The fourth-order valence-corrected chi connectivity index (χ4v) is 4.14. The lowest BCUT2D eigenvalue weighted by atomic mass is 10.1. The average molecular weight is 486 g/mol. The molecule has 3 rings (SSSR count). The van der Waals surface area contributed by atoms with Gasteiger partial charge in [0.25, 0.3) is 5.91 Å². The molecule has 4 N–H and O–H groups in total. The highest BCUT2D eigenvalue weighted by atomic mass is 32.2. The van der Waals surface area contributed by atoms with Crippen molar-refractivity contribution in [1.29, 1.82) is 5.41 Å². The summed E-state index contributed by atoms with van der Waals surface area (Å²) in [7, 11) is -1.83. The summed E-state index contributed by atoms with van der Waals surface area (Å²) in [5.41, 5.74) is 8.61. The van der Waals surface area contributed by atoms with Crippen LogP contribution in [0, 0.1) is 5.41 Å². The molecular formula is C23H27N5O5S. The normalized spacial score (nSPS) is 11.4. The predicted octanol–water partition coefficient (Wildman–Crippen LogP) is 1.71. The lowest BCUT2D eigenvalue weighted by molar-refractivity contribution is -0.140. The minimum atomic E-state index is -3.12. The second-order valence-corrected chi connectivity index (χ2v) is 10.1. The van der Waals surface area contributed by atoms with Crippen molar-refractivity contribution in [1.82, 2.24) is 14.9 Å². The number of nitrogens with zero attached hydrogens (tertiary/aromatic N) is 2. The maximum atomic E-state index is 12.5. The third-order valence-corrected chi connectivity index (χ3v) is 6.23. The Balaban J connectivity index is 1.94. The number of nitrogen functional groups attached to an aromatic ring is 1. The van der Waals surface area contributed by atoms with E-state index in [2.05, 4.69) is 10.1 Å². The largest absolute Gasteiger partial charge is 0.469 e. The summed E-state index contributed by atoms with van der Waals surface area (Å²) < 4.78 is 29.7. The van der Waals surface area contributed by atoms with Crippen LogP contribution in [0.3, 0.4) is 0 Å². The third kappa shape index (κ3) is 6.19. The first-order chi connectivity index (χ1) is 16.1. The number of amides is 1. The highest BCUT2D eigenvalue weighted by Crippen LogP contribution is 2.26. The number of esters is 1. The van der Waals surface area contributed by atoms with Gasteiger partial charge in [0.1, 0.15) is 21.5 Å². The SMILES string of the molecule is COC(=O)CCNC(=O)c1ccc2c(c1)nc(-c1ccc(C(=N)N)cc1)n2CCCS(C)(=O)=O. The van der Waals surface area contributed by atoms with Crippen LogP contribution >= 0.6 is 0 Å². The van der Waals surface area contributed by atoms with E-state index in [1.807, 2.05) is 4.57 Å². The van der Waals surface area contributed by atoms with Gasteiger partial charge in [0.2, 0.25) is 0 Å². The maximum absolute atomic E-state index is 12.5. The van der Waals surface area contributed by atoms with Crippen molar-refractivity contribution in [3.05, 3.63) is 53.6 Å². The van der Waals surface area contributed by atoms with Crippen LogP contribution < -0.4 is 11.1 Å². The molecule has 1 amide bonds. The fraction of sp³-hybridized carbons (Fsp3) is 0.304. The Hall–Kier alpha value is -3.73. The number of carbonyl (C=O) groups excluding carboxylic acids is 2. The number of amidine groups is 1. The van der Waals surface area contributed by atoms with Crippen LogP contribution in [0.2, 0.25) is 0 Å². The molecule has 0 bridgehead atoms. The molecule has 0 aliphatic rings. The molecular weight excluding hydrogens is 458 g/mol. The summed E-state index contributed by atoms with van der Waals surface area (Å²) in [5.74, 6) is -0.150. The van der Waals surface area contributed by atoms with Crippen molar-refractivity contribution >= 4 is 38.6 Å². The van der Waals surface area contributed by atoms with Crippen molar-refractivity contribution in [2.24, 2.45) is 5.73 Å². The van der Waals surface area contributed by atoms with E-state index in [0.717, 1.165) is 11.1 Å². The summed E-state index contributed by atoms with van der Waals surface area (Å²) in [4.78, 5) is 28.5. The zero-order valence-electron chi connectivity index (χ0n) is 19.0. The highest BCUT2D eigenvalue weighted by molar-refractivity contribution is 7.90. The molecule has 180 valence electrons. The molecule has 2 aromatic carbocycles. The van der Waals surface area contributed by atoms with Crippen molar-refractivity contribution in [2.75, 3.05) is 25.7 Å². The van der Waals surface area contributed by atoms with E-state index in [1.165, 1.54) is 13.4 Å². The van der Waals surface area contributed by atoms with Gasteiger partial charge in [-0.2, -0.15) is 0 Å². The summed E-state index contributed by atoms with van der Waals surface area (Å²) in [6, 6.07) is 12.1. The highest BCUT2D eigenvalue weighted by Gasteiger charge is 2.16. The molecule has 0 atom stereocenters. The summed E-state index contributed by atoms with van der Waals surface area (Å²) in [6.07, 6.45) is 1.67. The molecule has 0 saturated heterocycles. The van der Waals surface area contributed by atoms with E-state index in [9.17, 15) is 18.0 Å². The molecule has 0 spiro atoms. The second kappa shape index (κ2) is 10.5. The van der Waals surface area contributed by atoms with Gasteiger partial charge in [-0.1, -0.05) is 24.3 Å². The Morgan fingerprint density at radius 1 is 1.15 bits per heavy atom. The van der Waals surface area contributed by atoms with Gasteiger partial charge in [-0.15, -0.1) is 0 Å². The van der Waals surface area contributed by atoms with Crippen LogP contribution in [0.5, 0.6) is 0 Å². The zero-order chi connectivity index (χ0) is 24.9. The number of hydrogen-bond donors (Lipinski definition) is 3. The number of nitrogens with two attached hydrogens (primary N) is 1. The number of rotatable bonds is 10. The lowest BCUT2D eigenvalue weighted by Crippen LogP contribution is -2.26. The topological polar surface area (TPSA) is 157 Å². The van der Waals surface area contributed by atoms with Crippen molar-refractivity contribution in [3.63, 3.8) is 0 Å². The fourth-order valence-electron chi connectivity index (χ4n) is 3.48. The zero-order valence-corrected chi connectivity index (χ0v) is 19.8. The molecule has 3 aromatic rings. The predicted molar refractivity (Wildman–Crippen MR) is 129 cm³/mol. The van der Waals surface area contributed by atoms with Crippen molar-refractivity contribution in [2.45, 2.75) is 19.4 Å². The number of methoxy groups -OCH3 is 1. The van der Waals surface area contributed by atoms with Gasteiger partial charge in [0.05, 0.1) is 30.3 Å². The van der Waals surface area contributed by atoms with Gasteiger partial charge in [-0.05, 0) is 24.6 Å². The Labute approximate surface area is 197 Å². The third-order valence-electron chi connectivity index (χ3n) is 5.20. The first-order valence-electron chi connectivity index (χ1n) is 10.6. The van der Waals surface area contributed by atoms with Crippen LogP contribution in [0.25, 0.3) is 22.4 Å². The van der Waals surface area contributed by atoms with E-state index in [1.54, 1.807) is 42.5 Å². The van der Waals surface area contributed by atoms with Crippen molar-refractivity contribution in [3.8, 4) is 11.4 Å². The van der Waals surface area contributed by atoms with E-state index in [0.29, 0.717) is 35.4 Å². The number of fused-ring (bicyclic) bond motifs is 1. The van der Waals surface area contributed by atoms with Gasteiger partial charge in [-0.3, -0.25) is 15.0 Å². The van der Waals surface area contributed by atoms with Crippen LogP contribution in [-0.4, -0.2) is 61.3 Å². The van der Waals surface area contributed by atoms with Crippen LogP contribution in [-0.2, 0) is 25.9 Å². The minimum absolute atomic E-state index is 0.0378. The molecule has 0 radical (unpaired) electrons. The minimum Gasteiger partial charge on any atom is -0.469 e. The van der Waals surface area contributed by atoms with Gasteiger partial charge < -0.3 is 20.4 Å². The quantitative estimate of drug-likeness (QED) is 0.224. The van der Waals surface area contributed by atoms with E-state index >= 15 is 0 Å². The number of aryl methyl sites for hydroxylation is 1. The molecule has 10 nitrogen and oxygen atoms in total. The number of hydrogen-bond acceptors (Lipinski definition) is 7. The first kappa shape index (κ1) is 24.9. The van der Waals surface area contributed by atoms with Crippen LogP contribution in [0.15, 0.2) is 42.5 Å².